The first kappa shape index (κ1) is 13.2. The van der Waals surface area contributed by atoms with E-state index in [9.17, 15) is 9.18 Å². The second-order valence-corrected chi connectivity index (χ2v) is 5.70. The standard InChI is InChI=1S/C13H12FIN2O/c1-13(2,8-3-5-9(14)6-4-8)12-16-7-10(15)11(18)17-12/h3-7H,1-2H3,(H,16,17,18). The monoisotopic (exact) mass is 358 g/mol. The quantitative estimate of drug-likeness (QED) is 0.840. The highest BCUT2D eigenvalue weighted by Crippen LogP contribution is 2.28. The summed E-state index contributed by atoms with van der Waals surface area (Å²) in [4.78, 5) is 18.6. The molecule has 0 aliphatic carbocycles. The van der Waals surface area contributed by atoms with E-state index in [1.54, 1.807) is 18.3 Å². The summed E-state index contributed by atoms with van der Waals surface area (Å²) in [6, 6.07) is 6.21. The summed E-state index contributed by atoms with van der Waals surface area (Å²) >= 11 is 1.93. The van der Waals surface area contributed by atoms with E-state index >= 15 is 0 Å². The minimum atomic E-state index is -0.475. The van der Waals surface area contributed by atoms with Gasteiger partial charge in [0.25, 0.3) is 5.56 Å². The fourth-order valence-electron chi connectivity index (χ4n) is 1.70. The van der Waals surface area contributed by atoms with Crippen molar-refractivity contribution in [1.82, 2.24) is 9.97 Å². The number of hydrogen-bond donors (Lipinski definition) is 1. The van der Waals surface area contributed by atoms with Crippen LogP contribution in [0, 0.1) is 9.39 Å². The highest BCUT2D eigenvalue weighted by atomic mass is 127. The van der Waals surface area contributed by atoms with Crippen LogP contribution in [0.25, 0.3) is 0 Å². The van der Waals surface area contributed by atoms with Gasteiger partial charge in [-0.1, -0.05) is 12.1 Å². The molecule has 0 amide bonds. The Balaban J connectivity index is 2.50. The van der Waals surface area contributed by atoms with Crippen LogP contribution in [0.2, 0.25) is 0 Å². The van der Waals surface area contributed by atoms with Gasteiger partial charge in [-0.3, -0.25) is 4.79 Å². The fraction of sp³-hybridized carbons (Fsp3) is 0.231. The average molecular weight is 358 g/mol. The molecule has 2 aromatic rings. The first-order valence-electron chi connectivity index (χ1n) is 5.42. The Bertz CT molecular complexity index is 620. The molecule has 5 heteroatoms. The summed E-state index contributed by atoms with van der Waals surface area (Å²) in [5.74, 6) is 0.290. The van der Waals surface area contributed by atoms with Gasteiger partial charge < -0.3 is 4.98 Å². The summed E-state index contributed by atoms with van der Waals surface area (Å²) in [7, 11) is 0. The van der Waals surface area contributed by atoms with E-state index in [0.717, 1.165) is 5.56 Å². The van der Waals surface area contributed by atoms with E-state index in [1.165, 1.54) is 12.1 Å². The van der Waals surface area contributed by atoms with Crippen LogP contribution in [0.1, 0.15) is 25.2 Å². The fourth-order valence-corrected chi connectivity index (χ4v) is 1.97. The van der Waals surface area contributed by atoms with Gasteiger partial charge in [-0.15, -0.1) is 0 Å². The van der Waals surface area contributed by atoms with Crippen LogP contribution >= 0.6 is 22.6 Å². The summed E-state index contributed by atoms with van der Waals surface area (Å²) in [5, 5.41) is 0. The van der Waals surface area contributed by atoms with Crippen molar-refractivity contribution in [3.63, 3.8) is 0 Å². The lowest BCUT2D eigenvalue weighted by molar-refractivity contribution is 0.579. The number of benzene rings is 1. The Morgan fingerprint density at radius 1 is 1.28 bits per heavy atom. The molecule has 0 aliphatic rings. The molecule has 1 N–H and O–H groups in total. The number of hydrogen-bond acceptors (Lipinski definition) is 2. The van der Waals surface area contributed by atoms with E-state index < -0.39 is 5.41 Å². The topological polar surface area (TPSA) is 45.8 Å². The van der Waals surface area contributed by atoms with E-state index in [2.05, 4.69) is 9.97 Å². The van der Waals surface area contributed by atoms with Crippen LogP contribution in [0.15, 0.2) is 35.3 Å². The van der Waals surface area contributed by atoms with Crippen LogP contribution in [0.4, 0.5) is 4.39 Å². The number of nitrogens with zero attached hydrogens (tertiary/aromatic N) is 1. The molecule has 94 valence electrons. The molecule has 0 aliphatic heterocycles. The molecule has 0 saturated carbocycles. The summed E-state index contributed by atoms with van der Waals surface area (Å²) in [6.45, 7) is 3.87. The number of aromatic amines is 1. The summed E-state index contributed by atoms with van der Waals surface area (Å²) in [5.41, 5.74) is 0.265. The van der Waals surface area contributed by atoms with Gasteiger partial charge in [0.05, 0.1) is 3.57 Å². The Morgan fingerprint density at radius 3 is 2.44 bits per heavy atom. The molecule has 0 unspecified atom stereocenters. The Morgan fingerprint density at radius 2 is 1.89 bits per heavy atom. The molecule has 0 fully saturated rings. The summed E-state index contributed by atoms with van der Waals surface area (Å²) in [6.07, 6.45) is 1.54. The minimum absolute atomic E-state index is 0.157. The molecular weight excluding hydrogens is 346 g/mol. The lowest BCUT2D eigenvalue weighted by Gasteiger charge is -2.24. The number of rotatable bonds is 2. The van der Waals surface area contributed by atoms with Crippen molar-refractivity contribution >= 4 is 22.6 Å². The van der Waals surface area contributed by atoms with Crippen molar-refractivity contribution in [2.24, 2.45) is 0 Å². The zero-order valence-corrected chi connectivity index (χ0v) is 12.2. The molecule has 1 aromatic heterocycles. The van der Waals surface area contributed by atoms with Gasteiger partial charge in [0, 0.05) is 11.6 Å². The van der Waals surface area contributed by atoms with Crippen LogP contribution in [0.5, 0.6) is 0 Å². The number of nitrogens with one attached hydrogen (secondary N) is 1. The maximum Gasteiger partial charge on any atom is 0.264 e. The van der Waals surface area contributed by atoms with Crippen LogP contribution in [-0.2, 0) is 5.41 Å². The third-order valence-corrected chi connectivity index (χ3v) is 3.68. The van der Waals surface area contributed by atoms with Crippen LogP contribution < -0.4 is 5.56 Å². The van der Waals surface area contributed by atoms with Crippen molar-refractivity contribution in [1.29, 1.82) is 0 Å². The van der Waals surface area contributed by atoms with E-state index in [0.29, 0.717) is 9.39 Å². The predicted octanol–water partition coefficient (Wildman–Crippen LogP) is 2.84. The Labute approximate surface area is 118 Å². The highest BCUT2D eigenvalue weighted by Gasteiger charge is 2.26. The number of halogens is 2. The number of aromatic nitrogens is 2. The van der Waals surface area contributed by atoms with Gasteiger partial charge in [-0.2, -0.15) is 0 Å². The largest absolute Gasteiger partial charge is 0.309 e. The van der Waals surface area contributed by atoms with Crippen LogP contribution in [-0.4, -0.2) is 9.97 Å². The Hall–Kier alpha value is -1.24. The molecule has 0 bridgehead atoms. The normalized spacial score (nSPS) is 11.6. The maximum atomic E-state index is 12.9. The average Bonchev–Trinajstić information content (AvgIpc) is 2.33. The second-order valence-electron chi connectivity index (χ2n) is 4.54. The minimum Gasteiger partial charge on any atom is -0.309 e. The summed E-state index contributed by atoms with van der Waals surface area (Å²) < 4.78 is 13.5. The predicted molar refractivity (Wildman–Crippen MR) is 76.1 cm³/mol. The second kappa shape index (κ2) is 4.79. The number of H-pyrrole nitrogens is 1. The molecule has 1 heterocycles. The molecule has 3 nitrogen and oxygen atoms in total. The third kappa shape index (κ3) is 2.45. The van der Waals surface area contributed by atoms with Gasteiger partial charge in [0.1, 0.15) is 11.6 Å². The molecular formula is C13H12FIN2O. The van der Waals surface area contributed by atoms with E-state index in [-0.39, 0.29) is 11.4 Å². The lowest BCUT2D eigenvalue weighted by atomic mass is 9.84. The zero-order valence-electron chi connectivity index (χ0n) is 10.00. The SMILES string of the molecule is CC(C)(c1ccc(F)cc1)c1ncc(I)c(=O)[nH]1. The Kier molecular flexibility index (Phi) is 3.52. The van der Waals surface area contributed by atoms with Gasteiger partial charge in [-0.25, -0.2) is 9.37 Å². The smallest absolute Gasteiger partial charge is 0.264 e. The van der Waals surface area contributed by atoms with Crippen molar-refractivity contribution in [3.05, 3.63) is 61.6 Å². The molecule has 2 rings (SSSR count). The van der Waals surface area contributed by atoms with Crippen LogP contribution in [0.3, 0.4) is 0 Å². The van der Waals surface area contributed by atoms with E-state index in [1.807, 2.05) is 36.4 Å². The van der Waals surface area contributed by atoms with Gasteiger partial charge in [-0.05, 0) is 54.1 Å². The molecule has 0 spiro atoms. The van der Waals surface area contributed by atoms with Crippen molar-refractivity contribution in [2.45, 2.75) is 19.3 Å². The molecule has 18 heavy (non-hydrogen) atoms. The molecule has 1 aromatic carbocycles. The van der Waals surface area contributed by atoms with Crippen molar-refractivity contribution in [3.8, 4) is 0 Å². The molecule has 0 radical (unpaired) electrons. The molecule has 0 atom stereocenters. The first-order valence-corrected chi connectivity index (χ1v) is 6.50. The zero-order chi connectivity index (χ0) is 13.3. The third-order valence-electron chi connectivity index (χ3n) is 2.91. The van der Waals surface area contributed by atoms with Crippen molar-refractivity contribution < 1.29 is 4.39 Å². The highest BCUT2D eigenvalue weighted by molar-refractivity contribution is 14.1. The first-order chi connectivity index (χ1) is 8.41. The lowest BCUT2D eigenvalue weighted by Crippen LogP contribution is -2.26. The van der Waals surface area contributed by atoms with Gasteiger partial charge >= 0.3 is 0 Å². The maximum absolute atomic E-state index is 12.9. The molecule has 0 saturated heterocycles. The van der Waals surface area contributed by atoms with E-state index in [4.69, 9.17) is 0 Å². The van der Waals surface area contributed by atoms with Gasteiger partial charge in [0.15, 0.2) is 0 Å². The van der Waals surface area contributed by atoms with Gasteiger partial charge in [0.2, 0.25) is 0 Å². The van der Waals surface area contributed by atoms with Crippen molar-refractivity contribution in [2.75, 3.05) is 0 Å².